The number of benzene rings is 1. The molecule has 1 aliphatic heterocycles. The summed E-state index contributed by atoms with van der Waals surface area (Å²) in [5.74, 6) is -0.275. The van der Waals surface area contributed by atoms with Crippen LogP contribution in [-0.4, -0.2) is 17.6 Å². The first-order valence-electron chi connectivity index (χ1n) is 7.25. The lowest BCUT2D eigenvalue weighted by Gasteiger charge is -2.25. The summed E-state index contributed by atoms with van der Waals surface area (Å²) in [5, 5.41) is 7.50. The highest BCUT2D eigenvalue weighted by molar-refractivity contribution is 7.12. The summed E-state index contributed by atoms with van der Waals surface area (Å²) < 4.78 is 0. The van der Waals surface area contributed by atoms with Gasteiger partial charge in [0.2, 0.25) is 11.8 Å². The van der Waals surface area contributed by atoms with Crippen molar-refractivity contribution in [2.75, 3.05) is 10.6 Å². The van der Waals surface area contributed by atoms with E-state index >= 15 is 0 Å². The van der Waals surface area contributed by atoms with Gasteiger partial charge in [0, 0.05) is 30.6 Å². The fraction of sp³-hybridized carbons (Fsp3) is 0.235. The molecule has 0 radical (unpaired) electrons. The van der Waals surface area contributed by atoms with E-state index in [1.54, 1.807) is 6.07 Å². The smallest absolute Gasteiger partial charge is 0.225 e. The van der Waals surface area contributed by atoms with E-state index in [0.717, 1.165) is 11.1 Å². The number of amides is 2. The van der Waals surface area contributed by atoms with Gasteiger partial charge < -0.3 is 10.6 Å². The average molecular weight is 328 g/mol. The second-order valence-corrected chi connectivity index (χ2v) is 6.50. The van der Waals surface area contributed by atoms with Crippen LogP contribution in [-0.2, 0) is 9.59 Å². The normalized spacial score (nSPS) is 16.4. The maximum absolute atomic E-state index is 12.0. The summed E-state index contributed by atoms with van der Waals surface area (Å²) in [6.07, 6.45) is 0.348. The highest BCUT2D eigenvalue weighted by Crippen LogP contribution is 2.39. The van der Waals surface area contributed by atoms with E-state index < -0.39 is 0 Å². The van der Waals surface area contributed by atoms with Gasteiger partial charge >= 0.3 is 0 Å². The molecule has 1 unspecified atom stereocenters. The first-order chi connectivity index (χ1) is 10.9. The fourth-order valence-electron chi connectivity index (χ4n) is 2.76. The minimum atomic E-state index is -0.160. The van der Waals surface area contributed by atoms with E-state index in [4.69, 9.17) is 0 Å². The number of anilines is 2. The van der Waals surface area contributed by atoms with Crippen molar-refractivity contribution in [2.24, 2.45) is 0 Å². The van der Waals surface area contributed by atoms with Gasteiger partial charge in [-0.1, -0.05) is 6.07 Å². The predicted octanol–water partition coefficient (Wildman–Crippen LogP) is 3.38. The molecule has 0 spiro atoms. The summed E-state index contributed by atoms with van der Waals surface area (Å²) in [5.41, 5.74) is 3.31. The molecule has 5 nitrogen and oxygen atoms in total. The van der Waals surface area contributed by atoms with Crippen LogP contribution in [0.3, 0.4) is 0 Å². The molecule has 1 aromatic carbocycles. The first-order valence-corrected chi connectivity index (χ1v) is 8.13. The Bertz CT molecular complexity index is 810. The summed E-state index contributed by atoms with van der Waals surface area (Å²) in [6, 6.07) is 7.36. The molecule has 2 amide bonds. The number of thiophene rings is 1. The fourth-order valence-corrected chi connectivity index (χ4v) is 3.63. The zero-order valence-corrected chi connectivity index (χ0v) is 13.6. The highest BCUT2D eigenvalue weighted by atomic mass is 32.1. The molecule has 3 rings (SSSR count). The Balaban J connectivity index is 1.99. The Morgan fingerprint density at radius 2 is 2.04 bits per heavy atom. The Morgan fingerprint density at radius 1 is 1.26 bits per heavy atom. The maximum Gasteiger partial charge on any atom is 0.225 e. The van der Waals surface area contributed by atoms with Gasteiger partial charge in [-0.05, 0) is 41.6 Å². The zero-order chi connectivity index (χ0) is 16.6. The van der Waals surface area contributed by atoms with Crippen LogP contribution < -0.4 is 10.6 Å². The molecule has 0 saturated heterocycles. The van der Waals surface area contributed by atoms with Gasteiger partial charge in [0.1, 0.15) is 0 Å². The SMILES string of the molecule is CC(=O)Nc1ccc2c(c1)NC(=O)CC2c1csc(C(C)=O)c1. The van der Waals surface area contributed by atoms with E-state index in [2.05, 4.69) is 10.6 Å². The van der Waals surface area contributed by atoms with Crippen LogP contribution in [0.4, 0.5) is 11.4 Å². The Kier molecular flexibility index (Phi) is 4.00. The molecule has 2 aromatic rings. The number of Topliss-reactive ketones (excluding diaryl/α,β-unsaturated/α-hetero) is 1. The van der Waals surface area contributed by atoms with Crippen molar-refractivity contribution >= 4 is 40.3 Å². The third-order valence-corrected chi connectivity index (χ3v) is 4.83. The van der Waals surface area contributed by atoms with E-state index in [1.807, 2.05) is 23.6 Å². The van der Waals surface area contributed by atoms with Crippen molar-refractivity contribution in [3.8, 4) is 0 Å². The number of carbonyl (C=O) groups is 3. The summed E-state index contributed by atoms with van der Waals surface area (Å²) >= 11 is 1.40. The van der Waals surface area contributed by atoms with E-state index in [9.17, 15) is 14.4 Å². The molecule has 1 aliphatic rings. The van der Waals surface area contributed by atoms with Crippen molar-refractivity contribution in [1.29, 1.82) is 0 Å². The minimum Gasteiger partial charge on any atom is -0.326 e. The number of rotatable bonds is 3. The van der Waals surface area contributed by atoms with Gasteiger partial charge in [-0.2, -0.15) is 0 Å². The van der Waals surface area contributed by atoms with Crippen LogP contribution in [0.15, 0.2) is 29.6 Å². The average Bonchev–Trinajstić information content (AvgIpc) is 2.95. The minimum absolute atomic E-state index is 0.0303. The van der Waals surface area contributed by atoms with Gasteiger partial charge in [-0.15, -0.1) is 11.3 Å². The number of nitrogens with one attached hydrogen (secondary N) is 2. The third kappa shape index (κ3) is 3.17. The lowest BCUT2D eigenvalue weighted by atomic mass is 9.86. The molecular weight excluding hydrogens is 312 g/mol. The first kappa shape index (κ1) is 15.4. The molecule has 2 heterocycles. The van der Waals surface area contributed by atoms with Crippen LogP contribution >= 0.6 is 11.3 Å². The van der Waals surface area contributed by atoms with Crippen molar-refractivity contribution in [3.63, 3.8) is 0 Å². The maximum atomic E-state index is 12.0. The number of ketones is 1. The van der Waals surface area contributed by atoms with Gasteiger partial charge in [0.25, 0.3) is 0 Å². The molecule has 1 atom stereocenters. The molecule has 118 valence electrons. The topological polar surface area (TPSA) is 75.3 Å². The molecule has 6 heteroatoms. The van der Waals surface area contributed by atoms with Gasteiger partial charge in [-0.3, -0.25) is 14.4 Å². The largest absolute Gasteiger partial charge is 0.326 e. The molecule has 0 bridgehead atoms. The number of carbonyl (C=O) groups excluding carboxylic acids is 3. The molecule has 0 aliphatic carbocycles. The van der Waals surface area contributed by atoms with Crippen molar-refractivity contribution in [1.82, 2.24) is 0 Å². The molecular formula is C17H16N2O3S. The van der Waals surface area contributed by atoms with Crippen molar-refractivity contribution in [2.45, 2.75) is 26.2 Å². The Hall–Kier alpha value is -2.47. The standard InChI is InChI=1S/C17H16N2O3S/c1-9(20)16-5-11(8-23-16)14-7-17(22)19-15-6-12(18-10(2)21)3-4-13(14)15/h3-6,8,14H,7H2,1-2H3,(H,18,21)(H,19,22). The van der Waals surface area contributed by atoms with Gasteiger partial charge in [-0.25, -0.2) is 0 Å². The van der Waals surface area contributed by atoms with Crippen LogP contribution in [0.25, 0.3) is 0 Å². The molecule has 23 heavy (non-hydrogen) atoms. The lowest BCUT2D eigenvalue weighted by Crippen LogP contribution is -2.23. The van der Waals surface area contributed by atoms with Crippen LogP contribution in [0, 0.1) is 0 Å². The number of hydrogen-bond acceptors (Lipinski definition) is 4. The summed E-state index contributed by atoms with van der Waals surface area (Å²) in [4.78, 5) is 35.4. The van der Waals surface area contributed by atoms with Crippen molar-refractivity contribution in [3.05, 3.63) is 45.6 Å². The van der Waals surface area contributed by atoms with Gasteiger partial charge in [0.15, 0.2) is 5.78 Å². The van der Waals surface area contributed by atoms with E-state index in [1.165, 1.54) is 25.2 Å². The van der Waals surface area contributed by atoms with Crippen LogP contribution in [0.1, 0.15) is 47.0 Å². The molecule has 0 fully saturated rings. The Morgan fingerprint density at radius 3 is 2.70 bits per heavy atom. The highest BCUT2D eigenvalue weighted by Gasteiger charge is 2.27. The van der Waals surface area contributed by atoms with Crippen LogP contribution in [0.5, 0.6) is 0 Å². The van der Waals surface area contributed by atoms with E-state index in [0.29, 0.717) is 22.7 Å². The second kappa shape index (κ2) is 5.96. The predicted molar refractivity (Wildman–Crippen MR) is 90.2 cm³/mol. The monoisotopic (exact) mass is 328 g/mol. The molecule has 1 aromatic heterocycles. The summed E-state index contributed by atoms with van der Waals surface area (Å²) in [6.45, 7) is 2.98. The van der Waals surface area contributed by atoms with Crippen molar-refractivity contribution < 1.29 is 14.4 Å². The lowest BCUT2D eigenvalue weighted by molar-refractivity contribution is -0.116. The molecule has 0 saturated carbocycles. The zero-order valence-electron chi connectivity index (χ0n) is 12.8. The number of fused-ring (bicyclic) bond motifs is 1. The summed E-state index contributed by atoms with van der Waals surface area (Å²) in [7, 11) is 0. The second-order valence-electron chi connectivity index (χ2n) is 5.59. The quantitative estimate of drug-likeness (QED) is 0.848. The molecule has 2 N–H and O–H groups in total. The number of hydrogen-bond donors (Lipinski definition) is 2. The van der Waals surface area contributed by atoms with E-state index in [-0.39, 0.29) is 23.5 Å². The third-order valence-electron chi connectivity index (χ3n) is 3.78. The Labute approximate surface area is 137 Å². The van der Waals surface area contributed by atoms with Crippen LogP contribution in [0.2, 0.25) is 0 Å². The van der Waals surface area contributed by atoms with Gasteiger partial charge in [0.05, 0.1) is 4.88 Å².